The average Bonchev–Trinajstić information content (AvgIpc) is 3.32. The number of fused-ring (bicyclic) bond motifs is 3. The highest BCUT2D eigenvalue weighted by Crippen LogP contribution is 2.33. The SMILES string of the molecule is O=C(CSc1nc2ccc(N=Cc3c4ccccc4cc4ccccc34)cc2s1)c1ccc(F)cc1. The molecule has 0 saturated heterocycles. The van der Waals surface area contributed by atoms with E-state index in [-0.39, 0.29) is 17.4 Å². The third kappa shape index (κ3) is 4.53. The van der Waals surface area contributed by atoms with Crippen molar-refractivity contribution in [3.8, 4) is 0 Å². The number of aromatic nitrogens is 1. The standard InChI is InChI=1S/C30H19FN2OS2/c31-22-11-9-19(10-12-22)28(34)18-35-30-33-27-14-13-23(16-29(27)36-30)32-17-26-24-7-3-1-5-20(24)15-21-6-2-4-8-25(21)26/h1-17H,18H2. The van der Waals surface area contributed by atoms with Crippen LogP contribution in [-0.4, -0.2) is 22.7 Å². The van der Waals surface area contributed by atoms with Gasteiger partial charge in [0.05, 0.1) is 21.7 Å². The third-order valence-corrected chi connectivity index (χ3v) is 8.16. The van der Waals surface area contributed by atoms with Crippen LogP contribution in [0.2, 0.25) is 0 Å². The number of rotatable bonds is 6. The lowest BCUT2D eigenvalue weighted by molar-refractivity contribution is 0.102. The van der Waals surface area contributed by atoms with Gasteiger partial charge in [0.2, 0.25) is 0 Å². The summed E-state index contributed by atoms with van der Waals surface area (Å²) >= 11 is 2.94. The minimum absolute atomic E-state index is 0.0492. The number of aliphatic imine (C=N–C) groups is 1. The summed E-state index contributed by atoms with van der Waals surface area (Å²) < 4.78 is 14.9. The van der Waals surface area contributed by atoms with Crippen LogP contribution in [0.5, 0.6) is 0 Å². The number of ketones is 1. The molecule has 0 spiro atoms. The van der Waals surface area contributed by atoms with E-state index in [1.54, 1.807) is 11.3 Å². The average molecular weight is 507 g/mol. The summed E-state index contributed by atoms with van der Waals surface area (Å²) in [7, 11) is 0. The van der Waals surface area contributed by atoms with Crippen molar-refractivity contribution in [2.75, 3.05) is 5.75 Å². The molecule has 0 aliphatic rings. The topological polar surface area (TPSA) is 42.3 Å². The van der Waals surface area contributed by atoms with Gasteiger partial charge in [-0.2, -0.15) is 0 Å². The van der Waals surface area contributed by atoms with Crippen LogP contribution < -0.4 is 0 Å². The fourth-order valence-electron chi connectivity index (χ4n) is 4.21. The Morgan fingerprint density at radius 1 is 0.889 bits per heavy atom. The predicted molar refractivity (Wildman–Crippen MR) is 150 cm³/mol. The molecule has 0 fully saturated rings. The van der Waals surface area contributed by atoms with Gasteiger partial charge in [-0.1, -0.05) is 60.3 Å². The van der Waals surface area contributed by atoms with Gasteiger partial charge in [0.15, 0.2) is 10.1 Å². The minimum Gasteiger partial charge on any atom is -0.293 e. The molecule has 3 nitrogen and oxygen atoms in total. The lowest BCUT2D eigenvalue weighted by Gasteiger charge is -2.07. The molecule has 0 unspecified atom stereocenters. The lowest BCUT2D eigenvalue weighted by atomic mass is 9.97. The van der Waals surface area contributed by atoms with Gasteiger partial charge in [-0.3, -0.25) is 9.79 Å². The molecule has 0 aliphatic carbocycles. The van der Waals surface area contributed by atoms with Gasteiger partial charge in [0.25, 0.3) is 0 Å². The number of carbonyl (C=O) groups excluding carboxylic acids is 1. The Hall–Kier alpha value is -3.87. The van der Waals surface area contributed by atoms with Gasteiger partial charge >= 0.3 is 0 Å². The van der Waals surface area contributed by atoms with Crippen LogP contribution in [0, 0.1) is 5.82 Å². The van der Waals surface area contributed by atoms with Gasteiger partial charge in [0, 0.05) is 17.3 Å². The van der Waals surface area contributed by atoms with Crippen molar-refractivity contribution in [1.82, 2.24) is 4.98 Å². The van der Waals surface area contributed by atoms with Crippen LogP contribution in [-0.2, 0) is 0 Å². The van der Waals surface area contributed by atoms with Gasteiger partial charge in [-0.05, 0) is 70.1 Å². The smallest absolute Gasteiger partial charge is 0.173 e. The number of halogens is 1. The highest BCUT2D eigenvalue weighted by Gasteiger charge is 2.11. The zero-order chi connectivity index (χ0) is 24.5. The zero-order valence-electron chi connectivity index (χ0n) is 19.0. The fourth-order valence-corrected chi connectivity index (χ4v) is 6.20. The summed E-state index contributed by atoms with van der Waals surface area (Å²) in [6.07, 6.45) is 1.95. The van der Waals surface area contributed by atoms with Crippen molar-refractivity contribution in [3.05, 3.63) is 114 Å². The predicted octanol–water partition coefficient (Wildman–Crippen LogP) is 8.47. The van der Waals surface area contributed by atoms with Gasteiger partial charge < -0.3 is 0 Å². The van der Waals surface area contributed by atoms with E-state index in [1.807, 2.05) is 24.4 Å². The second-order valence-electron chi connectivity index (χ2n) is 8.34. The molecule has 1 heterocycles. The molecule has 5 aromatic carbocycles. The first-order valence-electron chi connectivity index (χ1n) is 11.4. The van der Waals surface area contributed by atoms with E-state index in [4.69, 9.17) is 4.99 Å². The number of thiazole rings is 1. The molecule has 6 aromatic rings. The van der Waals surface area contributed by atoms with Gasteiger partial charge in [0.1, 0.15) is 5.82 Å². The van der Waals surface area contributed by atoms with Crippen LogP contribution in [0.4, 0.5) is 10.1 Å². The maximum atomic E-state index is 13.1. The molecular weight excluding hydrogens is 487 g/mol. The normalized spacial score (nSPS) is 11.7. The number of hydrogen-bond donors (Lipinski definition) is 0. The minimum atomic E-state index is -0.350. The lowest BCUT2D eigenvalue weighted by Crippen LogP contribution is -2.01. The number of benzene rings is 5. The second kappa shape index (κ2) is 9.64. The Bertz CT molecular complexity index is 1720. The molecule has 0 atom stereocenters. The number of nitrogens with zero attached hydrogens (tertiary/aromatic N) is 2. The maximum Gasteiger partial charge on any atom is 0.173 e. The molecule has 0 saturated carbocycles. The van der Waals surface area contributed by atoms with E-state index in [0.29, 0.717) is 5.56 Å². The van der Waals surface area contributed by atoms with Crippen LogP contribution in [0.25, 0.3) is 31.8 Å². The molecule has 0 radical (unpaired) electrons. The monoisotopic (exact) mass is 506 g/mol. The van der Waals surface area contributed by atoms with Crippen molar-refractivity contribution in [1.29, 1.82) is 0 Å². The highest BCUT2D eigenvalue weighted by atomic mass is 32.2. The van der Waals surface area contributed by atoms with E-state index < -0.39 is 0 Å². The van der Waals surface area contributed by atoms with E-state index in [2.05, 4.69) is 59.6 Å². The number of carbonyl (C=O) groups is 1. The van der Waals surface area contributed by atoms with E-state index in [1.165, 1.54) is 57.6 Å². The first-order chi connectivity index (χ1) is 17.6. The first-order valence-corrected chi connectivity index (χ1v) is 13.2. The Balaban J connectivity index is 1.26. The van der Waals surface area contributed by atoms with E-state index >= 15 is 0 Å². The van der Waals surface area contributed by atoms with Crippen molar-refractivity contribution < 1.29 is 9.18 Å². The quantitative estimate of drug-likeness (QED) is 0.0985. The highest BCUT2D eigenvalue weighted by molar-refractivity contribution is 8.01. The summed E-state index contributed by atoms with van der Waals surface area (Å²) in [5, 5.41) is 4.71. The second-order valence-corrected chi connectivity index (χ2v) is 10.6. The van der Waals surface area contributed by atoms with Crippen LogP contribution in [0.3, 0.4) is 0 Å². The summed E-state index contributed by atoms with van der Waals surface area (Å²) in [6.45, 7) is 0. The molecule has 0 amide bonds. The number of Topliss-reactive ketones (excluding diaryl/α,β-unsaturated/α-hetero) is 1. The maximum absolute atomic E-state index is 13.1. The molecule has 6 rings (SSSR count). The molecule has 1 aromatic heterocycles. The van der Waals surface area contributed by atoms with Crippen molar-refractivity contribution in [2.24, 2.45) is 4.99 Å². The molecule has 0 N–H and O–H groups in total. The Morgan fingerprint density at radius 2 is 1.58 bits per heavy atom. The molecule has 0 bridgehead atoms. The third-order valence-electron chi connectivity index (χ3n) is 6.00. The van der Waals surface area contributed by atoms with Crippen LogP contribution in [0.15, 0.2) is 106 Å². The van der Waals surface area contributed by atoms with Crippen LogP contribution >= 0.6 is 23.1 Å². The summed E-state index contributed by atoms with van der Waals surface area (Å²) in [4.78, 5) is 21.9. The number of hydrogen-bond acceptors (Lipinski definition) is 5. The van der Waals surface area contributed by atoms with E-state index in [0.717, 1.165) is 25.8 Å². The van der Waals surface area contributed by atoms with Crippen molar-refractivity contribution in [3.63, 3.8) is 0 Å². The van der Waals surface area contributed by atoms with Gasteiger partial charge in [-0.15, -0.1) is 11.3 Å². The molecular formula is C30H19FN2OS2. The summed E-state index contributed by atoms with van der Waals surface area (Å²) in [6, 6.07) is 30.5. The zero-order valence-corrected chi connectivity index (χ0v) is 20.7. The molecule has 174 valence electrons. The molecule has 36 heavy (non-hydrogen) atoms. The largest absolute Gasteiger partial charge is 0.293 e. The fraction of sp³-hybridized carbons (Fsp3) is 0.0333. The summed E-state index contributed by atoms with van der Waals surface area (Å²) in [5.74, 6) is -0.144. The van der Waals surface area contributed by atoms with Gasteiger partial charge in [-0.25, -0.2) is 9.37 Å². The molecule has 6 heteroatoms. The van der Waals surface area contributed by atoms with Crippen LogP contribution in [0.1, 0.15) is 15.9 Å². The molecule has 0 aliphatic heterocycles. The Labute approximate surface area is 215 Å². The first kappa shape index (κ1) is 22.6. The summed E-state index contributed by atoms with van der Waals surface area (Å²) in [5.41, 5.74) is 3.33. The number of thioether (sulfide) groups is 1. The Morgan fingerprint density at radius 3 is 2.31 bits per heavy atom. The van der Waals surface area contributed by atoms with Crippen molar-refractivity contribution >= 4 is 72.5 Å². The van der Waals surface area contributed by atoms with E-state index in [9.17, 15) is 9.18 Å². The van der Waals surface area contributed by atoms with Crippen molar-refractivity contribution in [2.45, 2.75) is 4.34 Å². The Kier molecular flexibility index (Phi) is 6.05.